The fraction of sp³-hybridized carbons (Fsp3) is 0.375. The van der Waals surface area contributed by atoms with Crippen molar-refractivity contribution >= 4 is 28.1 Å². The van der Waals surface area contributed by atoms with E-state index in [2.05, 4.69) is 26.0 Å². The van der Waals surface area contributed by atoms with Crippen LogP contribution in [0.15, 0.2) is 34.8 Å². The van der Waals surface area contributed by atoms with Crippen LogP contribution in [0.3, 0.4) is 0 Å². The molecule has 0 bridgehead atoms. The normalized spacial score (nSPS) is 22.5. The molecule has 0 fully saturated rings. The Hall–Kier alpha value is -1.25. The smallest absolute Gasteiger partial charge is 0.153 e. The molecule has 1 aromatic carbocycles. The molecule has 2 N–H and O–H groups in total. The first-order valence-corrected chi connectivity index (χ1v) is 6.97. The number of para-hydroxylation sites is 1. The molecule has 0 spiro atoms. The van der Waals surface area contributed by atoms with E-state index in [1.54, 1.807) is 0 Å². The summed E-state index contributed by atoms with van der Waals surface area (Å²) in [6.45, 7) is 4.49. The summed E-state index contributed by atoms with van der Waals surface area (Å²) in [5.41, 5.74) is 8.28. The Morgan fingerprint density at radius 1 is 1.37 bits per heavy atom. The van der Waals surface area contributed by atoms with Gasteiger partial charge in [0.2, 0.25) is 0 Å². The highest BCUT2D eigenvalue weighted by molar-refractivity contribution is 6.34. The van der Waals surface area contributed by atoms with Crippen molar-refractivity contribution in [1.29, 1.82) is 0 Å². The van der Waals surface area contributed by atoms with Crippen LogP contribution in [0.4, 0.5) is 0 Å². The number of fused-ring (bicyclic) bond motifs is 1. The van der Waals surface area contributed by atoms with Gasteiger partial charge in [-0.05, 0) is 36.0 Å². The summed E-state index contributed by atoms with van der Waals surface area (Å²) < 4.78 is 5.92. The Kier molecular flexibility index (Phi) is 2.95. The molecule has 2 nitrogen and oxygen atoms in total. The highest BCUT2D eigenvalue weighted by Crippen LogP contribution is 2.41. The van der Waals surface area contributed by atoms with E-state index in [1.165, 1.54) is 5.57 Å². The van der Waals surface area contributed by atoms with E-state index in [0.29, 0.717) is 5.02 Å². The van der Waals surface area contributed by atoms with Gasteiger partial charge in [0.25, 0.3) is 0 Å². The lowest BCUT2D eigenvalue weighted by molar-refractivity contribution is 0.316. The van der Waals surface area contributed by atoms with Crippen LogP contribution in [-0.4, -0.2) is 6.04 Å². The van der Waals surface area contributed by atoms with E-state index in [1.807, 2.05) is 18.2 Å². The zero-order valence-corrected chi connectivity index (χ0v) is 12.0. The summed E-state index contributed by atoms with van der Waals surface area (Å²) in [6, 6.07) is 7.96. The summed E-state index contributed by atoms with van der Waals surface area (Å²) in [5, 5.41) is 1.70. The van der Waals surface area contributed by atoms with Crippen LogP contribution in [0, 0.1) is 5.41 Å². The van der Waals surface area contributed by atoms with E-state index < -0.39 is 0 Å². The number of rotatable bonds is 1. The third kappa shape index (κ3) is 2.43. The van der Waals surface area contributed by atoms with E-state index in [-0.39, 0.29) is 11.5 Å². The van der Waals surface area contributed by atoms with Gasteiger partial charge in [-0.15, -0.1) is 0 Å². The SMILES string of the molecule is CC1(C)CC(c2cc3cccc(Cl)c3o2)=CC(N)C1. The molecule has 0 aliphatic heterocycles. The van der Waals surface area contributed by atoms with Gasteiger partial charge in [-0.25, -0.2) is 0 Å². The van der Waals surface area contributed by atoms with Crippen LogP contribution in [0.5, 0.6) is 0 Å². The van der Waals surface area contributed by atoms with Crippen molar-refractivity contribution in [1.82, 2.24) is 0 Å². The zero-order chi connectivity index (χ0) is 13.6. The first-order chi connectivity index (χ1) is 8.94. The van der Waals surface area contributed by atoms with Crippen molar-refractivity contribution in [2.45, 2.75) is 32.7 Å². The summed E-state index contributed by atoms with van der Waals surface area (Å²) in [6.07, 6.45) is 4.12. The molecule has 1 heterocycles. The second-order valence-electron chi connectivity index (χ2n) is 6.17. The third-order valence-corrected chi connectivity index (χ3v) is 3.98. The number of hydrogen-bond acceptors (Lipinski definition) is 2. The molecule has 1 atom stereocenters. The average molecular weight is 276 g/mol. The van der Waals surface area contributed by atoms with Crippen molar-refractivity contribution < 1.29 is 4.42 Å². The largest absolute Gasteiger partial charge is 0.455 e. The number of nitrogens with two attached hydrogens (primary N) is 1. The fourth-order valence-electron chi connectivity index (χ4n) is 2.96. The summed E-state index contributed by atoms with van der Waals surface area (Å²) in [4.78, 5) is 0. The minimum atomic E-state index is 0.0995. The molecule has 0 radical (unpaired) electrons. The van der Waals surface area contributed by atoms with Gasteiger partial charge in [0, 0.05) is 11.4 Å². The lowest BCUT2D eigenvalue weighted by Crippen LogP contribution is -2.30. The molecule has 0 amide bonds. The van der Waals surface area contributed by atoms with Gasteiger partial charge in [0.15, 0.2) is 5.58 Å². The quantitative estimate of drug-likeness (QED) is 0.825. The van der Waals surface area contributed by atoms with Gasteiger partial charge < -0.3 is 10.2 Å². The molecule has 0 saturated carbocycles. The molecule has 3 rings (SSSR count). The number of hydrogen-bond donors (Lipinski definition) is 1. The Morgan fingerprint density at radius 3 is 2.84 bits per heavy atom. The second-order valence-corrected chi connectivity index (χ2v) is 6.58. The highest BCUT2D eigenvalue weighted by Gasteiger charge is 2.28. The molecule has 1 aromatic heterocycles. The Balaban J connectivity index is 2.07. The van der Waals surface area contributed by atoms with Crippen molar-refractivity contribution in [3.05, 3.63) is 41.1 Å². The first-order valence-electron chi connectivity index (χ1n) is 6.59. The van der Waals surface area contributed by atoms with E-state index in [9.17, 15) is 0 Å². The maximum absolute atomic E-state index is 6.16. The molecule has 100 valence electrons. The summed E-state index contributed by atoms with van der Waals surface area (Å²) in [5.74, 6) is 0.895. The predicted molar refractivity (Wildman–Crippen MR) is 80.2 cm³/mol. The van der Waals surface area contributed by atoms with E-state index in [0.717, 1.165) is 29.6 Å². The molecule has 2 aromatic rings. The van der Waals surface area contributed by atoms with Gasteiger partial charge in [-0.1, -0.05) is 43.7 Å². The number of halogens is 1. The predicted octanol–water partition coefficient (Wildman–Crippen LogP) is 4.62. The van der Waals surface area contributed by atoms with Gasteiger partial charge >= 0.3 is 0 Å². The van der Waals surface area contributed by atoms with Crippen molar-refractivity contribution in [2.24, 2.45) is 11.1 Å². The van der Waals surface area contributed by atoms with Crippen LogP contribution in [-0.2, 0) is 0 Å². The van der Waals surface area contributed by atoms with Crippen LogP contribution in [0.25, 0.3) is 16.5 Å². The molecule has 1 unspecified atom stereocenters. The van der Waals surface area contributed by atoms with Crippen LogP contribution in [0.1, 0.15) is 32.4 Å². The van der Waals surface area contributed by atoms with E-state index >= 15 is 0 Å². The average Bonchev–Trinajstić information content (AvgIpc) is 2.71. The van der Waals surface area contributed by atoms with Gasteiger partial charge in [-0.2, -0.15) is 0 Å². The Bertz CT molecular complexity index is 654. The number of benzene rings is 1. The third-order valence-electron chi connectivity index (χ3n) is 3.69. The van der Waals surface area contributed by atoms with Crippen LogP contribution >= 0.6 is 11.6 Å². The minimum Gasteiger partial charge on any atom is -0.455 e. The maximum Gasteiger partial charge on any atom is 0.153 e. The Morgan fingerprint density at radius 2 is 2.16 bits per heavy atom. The van der Waals surface area contributed by atoms with E-state index in [4.69, 9.17) is 21.8 Å². The summed E-state index contributed by atoms with van der Waals surface area (Å²) >= 11 is 6.16. The van der Waals surface area contributed by atoms with Gasteiger partial charge in [0.05, 0.1) is 5.02 Å². The van der Waals surface area contributed by atoms with Gasteiger partial charge in [-0.3, -0.25) is 0 Å². The van der Waals surface area contributed by atoms with Crippen LogP contribution in [0.2, 0.25) is 5.02 Å². The number of furan rings is 1. The number of allylic oxidation sites excluding steroid dienone is 1. The van der Waals surface area contributed by atoms with Gasteiger partial charge in [0.1, 0.15) is 5.76 Å². The molecular weight excluding hydrogens is 258 g/mol. The lowest BCUT2D eigenvalue weighted by Gasteiger charge is -2.32. The minimum absolute atomic E-state index is 0.0995. The Labute approximate surface area is 118 Å². The molecule has 1 aliphatic rings. The zero-order valence-electron chi connectivity index (χ0n) is 11.2. The van der Waals surface area contributed by atoms with Crippen molar-refractivity contribution in [3.8, 4) is 0 Å². The first kappa shape index (κ1) is 12.8. The molecular formula is C16H18ClNO. The molecule has 1 aliphatic carbocycles. The standard InChI is InChI=1S/C16H18ClNO/c1-16(2)8-11(6-12(18)9-16)14-7-10-4-3-5-13(17)15(10)19-14/h3-7,12H,8-9,18H2,1-2H3. The molecule has 0 saturated heterocycles. The lowest BCUT2D eigenvalue weighted by atomic mass is 9.75. The maximum atomic E-state index is 6.16. The second kappa shape index (κ2) is 4.39. The molecule has 19 heavy (non-hydrogen) atoms. The fourth-order valence-corrected chi connectivity index (χ4v) is 3.18. The van der Waals surface area contributed by atoms with Crippen LogP contribution < -0.4 is 5.73 Å². The van der Waals surface area contributed by atoms with Crippen molar-refractivity contribution in [2.75, 3.05) is 0 Å². The van der Waals surface area contributed by atoms with Crippen molar-refractivity contribution in [3.63, 3.8) is 0 Å². The monoisotopic (exact) mass is 275 g/mol. The summed E-state index contributed by atoms with van der Waals surface area (Å²) in [7, 11) is 0. The topological polar surface area (TPSA) is 39.2 Å². The highest BCUT2D eigenvalue weighted by atomic mass is 35.5. The molecule has 3 heteroatoms.